The molecule has 37 heavy (non-hydrogen) atoms. The van der Waals surface area contributed by atoms with Crippen LogP contribution in [0, 0.1) is 0 Å². The van der Waals surface area contributed by atoms with Crippen molar-refractivity contribution in [3.63, 3.8) is 0 Å². The Labute approximate surface area is 226 Å². The summed E-state index contributed by atoms with van der Waals surface area (Å²) in [7, 11) is 0. The number of carbonyl (C=O) groups excluding carboxylic acids is 3. The Balaban J connectivity index is 0.00000481. The van der Waals surface area contributed by atoms with Crippen molar-refractivity contribution >= 4 is 47.6 Å². The maximum Gasteiger partial charge on any atom is 0.417 e. The number of alkyl halides is 3. The van der Waals surface area contributed by atoms with Crippen LogP contribution in [0.3, 0.4) is 0 Å². The average molecular weight is 565 g/mol. The van der Waals surface area contributed by atoms with Crippen molar-refractivity contribution in [3.05, 3.63) is 23.3 Å². The van der Waals surface area contributed by atoms with Crippen molar-refractivity contribution in [1.29, 1.82) is 0 Å². The molecule has 1 aromatic rings. The van der Waals surface area contributed by atoms with Gasteiger partial charge in [-0.1, -0.05) is 6.92 Å². The molecule has 2 N–H and O–H groups in total. The van der Waals surface area contributed by atoms with Crippen LogP contribution in [0.2, 0.25) is 0 Å². The molecule has 2 heterocycles. The van der Waals surface area contributed by atoms with Gasteiger partial charge in [-0.25, -0.2) is 0 Å². The smallest absolute Gasteiger partial charge is 0.354 e. The van der Waals surface area contributed by atoms with Gasteiger partial charge in [-0.05, 0) is 59.2 Å². The minimum absolute atomic E-state index is 0. The summed E-state index contributed by atoms with van der Waals surface area (Å²) in [6.45, 7) is 10.2. The van der Waals surface area contributed by atoms with E-state index < -0.39 is 28.0 Å². The lowest BCUT2D eigenvalue weighted by Crippen LogP contribution is -2.52. The number of carbonyl (C=O) groups is 3. The molecule has 0 spiro atoms. The van der Waals surface area contributed by atoms with Gasteiger partial charge in [-0.3, -0.25) is 14.4 Å². The van der Waals surface area contributed by atoms with Crippen molar-refractivity contribution in [2.24, 2.45) is 0 Å². The van der Waals surface area contributed by atoms with Gasteiger partial charge < -0.3 is 20.4 Å². The van der Waals surface area contributed by atoms with E-state index in [9.17, 15) is 27.6 Å². The SMILES string of the molecule is CCC(=O)NCCN1C(=O)C(C)(C)Sc2cc(C(F)(F)F)c(C(=O)N(C(C)C)[C@@H]3CCCNC3)cc21.Cl. The number of halogens is 4. The second kappa shape index (κ2) is 12.3. The van der Waals surface area contributed by atoms with Crippen molar-refractivity contribution in [1.82, 2.24) is 15.5 Å². The number of nitrogens with zero attached hydrogens (tertiary/aromatic N) is 2. The standard InChI is InChI=1S/C25H35F3N4O3S.ClH/c1-6-21(33)30-10-11-31-19-12-17(22(34)32(15(2)3)16-8-7-9-29-14-16)18(25(26,27)28)13-20(19)36-24(4,5)23(31)35;/h12-13,15-16,29H,6-11,14H2,1-5H3,(H,30,33);1H/t16-;/m1./s1. The molecule has 1 fully saturated rings. The monoisotopic (exact) mass is 564 g/mol. The number of benzene rings is 1. The highest BCUT2D eigenvalue weighted by Crippen LogP contribution is 2.48. The first-order chi connectivity index (χ1) is 16.8. The first kappa shape index (κ1) is 31.2. The van der Waals surface area contributed by atoms with Crippen LogP contribution < -0.4 is 15.5 Å². The largest absolute Gasteiger partial charge is 0.417 e. The van der Waals surface area contributed by atoms with E-state index in [1.165, 1.54) is 15.9 Å². The lowest BCUT2D eigenvalue weighted by Gasteiger charge is -2.40. The van der Waals surface area contributed by atoms with Gasteiger partial charge in [0.2, 0.25) is 11.8 Å². The Kier molecular flexibility index (Phi) is 10.3. The molecule has 0 unspecified atom stereocenters. The molecule has 1 aromatic carbocycles. The zero-order valence-electron chi connectivity index (χ0n) is 21.8. The molecule has 12 heteroatoms. The maximum atomic E-state index is 14.3. The molecule has 0 bridgehead atoms. The number of thioether (sulfide) groups is 1. The van der Waals surface area contributed by atoms with E-state index in [1.54, 1.807) is 34.6 Å². The van der Waals surface area contributed by atoms with Gasteiger partial charge in [0.1, 0.15) is 0 Å². The molecule has 3 amide bonds. The number of hydrogen-bond acceptors (Lipinski definition) is 5. The highest BCUT2D eigenvalue weighted by molar-refractivity contribution is 8.01. The number of nitrogens with one attached hydrogen (secondary N) is 2. The molecule has 1 saturated heterocycles. The zero-order valence-corrected chi connectivity index (χ0v) is 23.5. The topological polar surface area (TPSA) is 81.8 Å². The fraction of sp³-hybridized carbons (Fsp3) is 0.640. The van der Waals surface area contributed by atoms with Crippen LogP contribution in [-0.2, 0) is 15.8 Å². The van der Waals surface area contributed by atoms with Gasteiger partial charge in [-0.2, -0.15) is 13.2 Å². The van der Waals surface area contributed by atoms with Gasteiger partial charge in [-0.15, -0.1) is 24.2 Å². The molecule has 2 aliphatic rings. The van der Waals surface area contributed by atoms with Crippen LogP contribution in [-0.4, -0.2) is 65.6 Å². The van der Waals surface area contributed by atoms with E-state index in [0.29, 0.717) is 13.0 Å². The lowest BCUT2D eigenvalue weighted by atomic mass is 9.98. The molecule has 0 radical (unpaired) electrons. The quantitative estimate of drug-likeness (QED) is 0.511. The molecule has 208 valence electrons. The Morgan fingerprint density at radius 3 is 2.51 bits per heavy atom. The molecule has 0 aromatic heterocycles. The van der Waals surface area contributed by atoms with Crippen molar-refractivity contribution in [3.8, 4) is 0 Å². The highest BCUT2D eigenvalue weighted by Gasteiger charge is 2.44. The highest BCUT2D eigenvalue weighted by atomic mass is 35.5. The van der Waals surface area contributed by atoms with Gasteiger partial charge in [0, 0.05) is 43.0 Å². The van der Waals surface area contributed by atoms with Crippen LogP contribution in [0.5, 0.6) is 0 Å². The molecular weight excluding hydrogens is 529 g/mol. The molecule has 2 aliphatic heterocycles. The summed E-state index contributed by atoms with van der Waals surface area (Å²) in [5.41, 5.74) is -1.20. The summed E-state index contributed by atoms with van der Waals surface area (Å²) in [6.07, 6.45) is -2.94. The number of fused-ring (bicyclic) bond motifs is 1. The zero-order chi connectivity index (χ0) is 26.8. The number of amides is 3. The molecule has 0 saturated carbocycles. The molecule has 3 rings (SSSR count). The van der Waals surface area contributed by atoms with Crippen LogP contribution in [0.4, 0.5) is 18.9 Å². The second-order valence-electron chi connectivity index (χ2n) is 9.94. The van der Waals surface area contributed by atoms with E-state index in [2.05, 4.69) is 10.6 Å². The summed E-state index contributed by atoms with van der Waals surface area (Å²) < 4.78 is 41.8. The maximum absolute atomic E-state index is 14.3. The van der Waals surface area contributed by atoms with Crippen molar-refractivity contribution in [2.45, 2.75) is 81.8 Å². The average Bonchev–Trinajstić information content (AvgIpc) is 2.80. The van der Waals surface area contributed by atoms with Gasteiger partial charge >= 0.3 is 6.18 Å². The Morgan fingerprint density at radius 1 is 1.30 bits per heavy atom. The third-order valence-corrected chi connectivity index (χ3v) is 7.72. The summed E-state index contributed by atoms with van der Waals surface area (Å²) in [4.78, 5) is 41.9. The van der Waals surface area contributed by atoms with E-state index in [-0.39, 0.29) is 66.4 Å². The Hall–Kier alpha value is -1.98. The minimum Gasteiger partial charge on any atom is -0.354 e. The molecule has 1 atom stereocenters. The molecular formula is C25H36ClF3N4O3S. The van der Waals surface area contributed by atoms with E-state index >= 15 is 0 Å². The second-order valence-corrected chi connectivity index (χ2v) is 11.6. The normalized spacial score (nSPS) is 19.2. The molecule has 0 aliphatic carbocycles. The van der Waals surface area contributed by atoms with Crippen molar-refractivity contribution < 1.29 is 27.6 Å². The number of rotatable bonds is 7. The first-order valence-corrected chi connectivity index (χ1v) is 13.2. The lowest BCUT2D eigenvalue weighted by molar-refractivity contribution is -0.138. The van der Waals surface area contributed by atoms with Crippen molar-refractivity contribution in [2.75, 3.05) is 31.1 Å². The summed E-state index contributed by atoms with van der Waals surface area (Å²) in [5.74, 6) is -1.18. The van der Waals surface area contributed by atoms with Gasteiger partial charge in [0.15, 0.2) is 0 Å². The fourth-order valence-corrected chi connectivity index (χ4v) is 5.91. The van der Waals surface area contributed by atoms with Crippen LogP contribution in [0.1, 0.15) is 69.8 Å². The van der Waals surface area contributed by atoms with E-state index in [4.69, 9.17) is 0 Å². The predicted octanol–water partition coefficient (Wildman–Crippen LogP) is 4.47. The van der Waals surface area contributed by atoms with Gasteiger partial charge in [0.25, 0.3) is 5.91 Å². The Morgan fingerprint density at radius 2 is 1.97 bits per heavy atom. The number of hydrogen-bond donors (Lipinski definition) is 2. The van der Waals surface area contributed by atoms with Crippen LogP contribution in [0.15, 0.2) is 17.0 Å². The minimum atomic E-state index is -4.75. The van der Waals surface area contributed by atoms with E-state index in [0.717, 1.165) is 30.8 Å². The van der Waals surface area contributed by atoms with Crippen LogP contribution >= 0.6 is 24.2 Å². The number of anilines is 1. The Bertz CT molecular complexity index is 1010. The summed E-state index contributed by atoms with van der Waals surface area (Å²) in [6, 6.07) is 1.68. The molecule has 7 nitrogen and oxygen atoms in total. The number of piperidine rings is 1. The van der Waals surface area contributed by atoms with Gasteiger partial charge in [0.05, 0.1) is 21.6 Å². The summed E-state index contributed by atoms with van der Waals surface area (Å²) in [5, 5.41) is 5.93. The fourth-order valence-electron chi connectivity index (χ4n) is 4.71. The third-order valence-electron chi connectivity index (χ3n) is 6.48. The summed E-state index contributed by atoms with van der Waals surface area (Å²) >= 11 is 1.05. The van der Waals surface area contributed by atoms with Crippen LogP contribution in [0.25, 0.3) is 0 Å². The first-order valence-electron chi connectivity index (χ1n) is 12.3. The third kappa shape index (κ3) is 6.92. The van der Waals surface area contributed by atoms with E-state index in [1.807, 2.05) is 0 Å². The predicted molar refractivity (Wildman–Crippen MR) is 141 cm³/mol.